The number of ether oxygens (including phenoxy) is 1. The van der Waals surface area contributed by atoms with Crippen LogP contribution in [0.4, 0.5) is 0 Å². The molecule has 0 bridgehead atoms. The standard InChI is InChI=1S/C13H14ClIN2O/c14-8-13-16-11-7-9(15)1-2-12(11)17(13)10-3-5-18-6-4-10/h1-2,7,10H,3-6,8H2. The molecule has 2 aromatic rings. The minimum absolute atomic E-state index is 0.461. The maximum Gasteiger partial charge on any atom is 0.125 e. The van der Waals surface area contributed by atoms with Crippen molar-refractivity contribution in [2.24, 2.45) is 0 Å². The molecule has 0 spiro atoms. The van der Waals surface area contributed by atoms with E-state index < -0.39 is 0 Å². The first kappa shape index (κ1) is 12.7. The molecule has 1 aliphatic rings. The van der Waals surface area contributed by atoms with Crippen LogP contribution in [0.3, 0.4) is 0 Å². The topological polar surface area (TPSA) is 27.1 Å². The number of rotatable bonds is 2. The molecule has 0 aliphatic carbocycles. The molecule has 0 atom stereocenters. The smallest absolute Gasteiger partial charge is 0.125 e. The normalized spacial score (nSPS) is 17.4. The van der Waals surface area contributed by atoms with Gasteiger partial charge in [-0.05, 0) is 53.6 Å². The minimum Gasteiger partial charge on any atom is -0.381 e. The van der Waals surface area contributed by atoms with Crippen LogP contribution in [0, 0.1) is 3.57 Å². The first-order chi connectivity index (χ1) is 8.79. The molecule has 0 saturated carbocycles. The number of halogens is 2. The number of hydrogen-bond acceptors (Lipinski definition) is 2. The third-order valence-corrected chi connectivity index (χ3v) is 4.31. The van der Waals surface area contributed by atoms with Gasteiger partial charge in [0.1, 0.15) is 5.82 Å². The van der Waals surface area contributed by atoms with Gasteiger partial charge in [0, 0.05) is 22.8 Å². The van der Waals surface area contributed by atoms with Crippen molar-refractivity contribution in [3.8, 4) is 0 Å². The fourth-order valence-corrected chi connectivity index (χ4v) is 3.23. The minimum atomic E-state index is 0.461. The summed E-state index contributed by atoms with van der Waals surface area (Å²) >= 11 is 8.36. The molecule has 5 heteroatoms. The Morgan fingerprint density at radius 2 is 2.17 bits per heavy atom. The Bertz CT molecular complexity index is 563. The molecule has 18 heavy (non-hydrogen) atoms. The number of nitrogens with zero attached hydrogens (tertiary/aromatic N) is 2. The summed E-state index contributed by atoms with van der Waals surface area (Å²) < 4.78 is 8.95. The van der Waals surface area contributed by atoms with E-state index in [9.17, 15) is 0 Å². The third kappa shape index (κ3) is 2.26. The highest BCUT2D eigenvalue weighted by Gasteiger charge is 2.21. The Morgan fingerprint density at radius 3 is 2.89 bits per heavy atom. The lowest BCUT2D eigenvalue weighted by atomic mass is 10.1. The van der Waals surface area contributed by atoms with Crippen LogP contribution in [-0.4, -0.2) is 22.8 Å². The molecule has 0 amide bonds. The van der Waals surface area contributed by atoms with Crippen LogP contribution < -0.4 is 0 Å². The van der Waals surface area contributed by atoms with Crippen molar-refractivity contribution in [3.05, 3.63) is 27.6 Å². The Morgan fingerprint density at radius 1 is 1.39 bits per heavy atom. The summed E-state index contributed by atoms with van der Waals surface area (Å²) in [6, 6.07) is 6.85. The van der Waals surface area contributed by atoms with Crippen LogP contribution in [0.15, 0.2) is 18.2 Å². The molecule has 1 aromatic carbocycles. The quantitative estimate of drug-likeness (QED) is 0.590. The molecule has 1 saturated heterocycles. The summed E-state index contributed by atoms with van der Waals surface area (Å²) in [5.41, 5.74) is 2.24. The predicted octanol–water partition coefficient (Wildman–Crippen LogP) is 3.73. The molecule has 0 unspecified atom stereocenters. The van der Waals surface area contributed by atoms with Crippen molar-refractivity contribution in [1.29, 1.82) is 0 Å². The Labute approximate surface area is 125 Å². The first-order valence-electron chi connectivity index (χ1n) is 6.09. The van der Waals surface area contributed by atoms with Gasteiger partial charge < -0.3 is 9.30 Å². The molecule has 0 N–H and O–H groups in total. The number of imidazole rings is 1. The van der Waals surface area contributed by atoms with Crippen molar-refractivity contribution in [1.82, 2.24) is 9.55 Å². The summed E-state index contributed by atoms with van der Waals surface area (Å²) in [5.74, 6) is 1.43. The fourth-order valence-electron chi connectivity index (χ4n) is 2.57. The maximum atomic E-state index is 6.05. The predicted molar refractivity (Wildman–Crippen MR) is 81.1 cm³/mol. The summed E-state index contributed by atoms with van der Waals surface area (Å²) in [4.78, 5) is 4.65. The average Bonchev–Trinajstić information content (AvgIpc) is 2.77. The SMILES string of the molecule is ClCc1nc2cc(I)ccc2n1C1CCOCC1. The van der Waals surface area contributed by atoms with E-state index in [1.165, 1.54) is 9.09 Å². The molecule has 96 valence electrons. The van der Waals surface area contributed by atoms with Gasteiger partial charge in [0.25, 0.3) is 0 Å². The van der Waals surface area contributed by atoms with E-state index >= 15 is 0 Å². The molecule has 1 fully saturated rings. The van der Waals surface area contributed by atoms with Crippen LogP contribution in [0.1, 0.15) is 24.7 Å². The lowest BCUT2D eigenvalue weighted by Crippen LogP contribution is -2.20. The van der Waals surface area contributed by atoms with Gasteiger partial charge in [0.15, 0.2) is 0 Å². The van der Waals surface area contributed by atoms with Crippen molar-refractivity contribution >= 4 is 45.2 Å². The van der Waals surface area contributed by atoms with Gasteiger partial charge in [0.2, 0.25) is 0 Å². The second-order valence-corrected chi connectivity index (χ2v) is 6.02. The molecule has 1 aromatic heterocycles. The lowest BCUT2D eigenvalue weighted by molar-refractivity contribution is 0.0700. The number of fused-ring (bicyclic) bond motifs is 1. The molecule has 3 nitrogen and oxygen atoms in total. The zero-order valence-electron chi connectivity index (χ0n) is 9.90. The first-order valence-corrected chi connectivity index (χ1v) is 7.71. The molecule has 1 aliphatic heterocycles. The lowest BCUT2D eigenvalue weighted by Gasteiger charge is -2.25. The fraction of sp³-hybridized carbons (Fsp3) is 0.462. The number of aromatic nitrogens is 2. The van der Waals surface area contributed by atoms with Crippen molar-refractivity contribution < 1.29 is 4.74 Å². The van der Waals surface area contributed by atoms with E-state index in [0.29, 0.717) is 11.9 Å². The van der Waals surface area contributed by atoms with Gasteiger partial charge in [0.05, 0.1) is 16.9 Å². The van der Waals surface area contributed by atoms with Gasteiger partial charge in [-0.1, -0.05) is 0 Å². The van der Waals surface area contributed by atoms with E-state index in [1.807, 2.05) is 0 Å². The zero-order chi connectivity index (χ0) is 12.5. The summed E-state index contributed by atoms with van der Waals surface area (Å²) in [6.45, 7) is 1.66. The van der Waals surface area contributed by atoms with E-state index in [1.54, 1.807) is 0 Å². The Balaban J connectivity index is 2.12. The molecule has 3 rings (SSSR count). The Kier molecular flexibility index (Phi) is 3.77. The van der Waals surface area contributed by atoms with Gasteiger partial charge in [-0.3, -0.25) is 0 Å². The highest BCUT2D eigenvalue weighted by molar-refractivity contribution is 14.1. The highest BCUT2D eigenvalue weighted by atomic mass is 127. The summed E-state index contributed by atoms with van der Waals surface area (Å²) in [7, 11) is 0. The highest BCUT2D eigenvalue weighted by Crippen LogP contribution is 2.29. The summed E-state index contributed by atoms with van der Waals surface area (Å²) in [5, 5.41) is 0. The van der Waals surface area contributed by atoms with Gasteiger partial charge in [-0.15, -0.1) is 11.6 Å². The summed E-state index contributed by atoms with van der Waals surface area (Å²) in [6.07, 6.45) is 2.09. The number of alkyl halides is 1. The van der Waals surface area contributed by atoms with Crippen LogP contribution >= 0.6 is 34.2 Å². The van der Waals surface area contributed by atoms with Crippen molar-refractivity contribution in [2.45, 2.75) is 24.8 Å². The van der Waals surface area contributed by atoms with Crippen molar-refractivity contribution in [2.75, 3.05) is 13.2 Å². The number of hydrogen-bond donors (Lipinski definition) is 0. The Hall–Kier alpha value is -0.330. The molecule has 0 radical (unpaired) electrons. The second kappa shape index (κ2) is 5.35. The molecule has 2 heterocycles. The molecular weight excluding hydrogens is 363 g/mol. The van der Waals surface area contributed by atoms with E-state index in [2.05, 4.69) is 50.3 Å². The average molecular weight is 377 g/mol. The van der Waals surface area contributed by atoms with Crippen LogP contribution in [0.25, 0.3) is 11.0 Å². The van der Waals surface area contributed by atoms with Gasteiger partial charge in [-0.25, -0.2) is 4.98 Å². The van der Waals surface area contributed by atoms with Gasteiger partial charge >= 0.3 is 0 Å². The van der Waals surface area contributed by atoms with Crippen LogP contribution in [0.2, 0.25) is 0 Å². The van der Waals surface area contributed by atoms with E-state index in [4.69, 9.17) is 16.3 Å². The van der Waals surface area contributed by atoms with Crippen LogP contribution in [0.5, 0.6) is 0 Å². The maximum absolute atomic E-state index is 6.05. The van der Waals surface area contributed by atoms with E-state index in [0.717, 1.165) is 37.4 Å². The monoisotopic (exact) mass is 376 g/mol. The number of benzene rings is 1. The van der Waals surface area contributed by atoms with Crippen LogP contribution in [-0.2, 0) is 10.6 Å². The second-order valence-electron chi connectivity index (χ2n) is 4.51. The zero-order valence-corrected chi connectivity index (χ0v) is 12.8. The van der Waals surface area contributed by atoms with Gasteiger partial charge in [-0.2, -0.15) is 0 Å². The van der Waals surface area contributed by atoms with E-state index in [-0.39, 0.29) is 0 Å². The molecular formula is C13H14ClIN2O. The third-order valence-electron chi connectivity index (χ3n) is 3.40. The largest absolute Gasteiger partial charge is 0.381 e. The van der Waals surface area contributed by atoms with Crippen molar-refractivity contribution in [3.63, 3.8) is 0 Å².